The van der Waals surface area contributed by atoms with Gasteiger partial charge in [0, 0.05) is 6.92 Å². The number of carbonyl (C=O) groups is 1. The van der Waals surface area contributed by atoms with Crippen molar-refractivity contribution in [2.24, 2.45) is 0 Å². The van der Waals surface area contributed by atoms with Crippen LogP contribution in [0.1, 0.15) is 8.35 Å². The van der Waals surface area contributed by atoms with E-state index in [0.29, 0.717) is 0 Å². The predicted octanol–water partition coefficient (Wildman–Crippen LogP) is -0.0668. The molecule has 1 N–H and O–H groups in total. The maximum absolute atomic E-state index is 9.00. The second-order valence-electron chi connectivity index (χ2n) is 0.519. The van der Waals surface area contributed by atoms with Gasteiger partial charge in [0.2, 0.25) is 0 Å². The fraction of sp³-hybridized carbons (Fsp3) is 0.500. The van der Waals surface area contributed by atoms with Crippen LogP contribution < -0.4 is 0 Å². The van der Waals surface area contributed by atoms with Crippen LogP contribution in [0.5, 0.6) is 0 Å². The zero-order valence-corrected chi connectivity index (χ0v) is 3.66. The number of rotatable bonds is 0. The van der Waals surface area contributed by atoms with Crippen molar-refractivity contribution in [3.05, 3.63) is 0 Å². The maximum atomic E-state index is 9.00. The second kappa shape index (κ2) is 3.99. The third-order valence-corrected chi connectivity index (χ3v) is 0. The molecule has 5 heavy (non-hydrogen) atoms. The minimum absolute atomic E-state index is 0. The van der Waals surface area contributed by atoms with Crippen molar-refractivity contribution in [2.45, 2.75) is 6.92 Å². The Bertz CT molecular complexity index is 34.5. The van der Waals surface area contributed by atoms with Gasteiger partial charge in [-0.1, -0.05) is 0 Å². The van der Waals surface area contributed by atoms with Crippen molar-refractivity contribution in [1.29, 1.82) is 0 Å². The van der Waals surface area contributed by atoms with Gasteiger partial charge in [0.05, 0.1) is 0 Å². The number of hydrogen-bond donors (Lipinski definition) is 1. The number of aliphatic carboxylic acids is 1. The van der Waals surface area contributed by atoms with Crippen LogP contribution >= 0.6 is 0 Å². The van der Waals surface area contributed by atoms with Gasteiger partial charge in [0.25, 0.3) is 5.97 Å². The second-order valence-corrected chi connectivity index (χ2v) is 0.519. The molecule has 0 saturated heterocycles. The molecular weight excluding hydrogens is 120 g/mol. The zero-order chi connectivity index (χ0) is 3.58. The quantitative estimate of drug-likeness (QED) is 0.461. The minimum atomic E-state index is -0.833. The van der Waals surface area contributed by atoms with Crippen molar-refractivity contribution in [2.75, 3.05) is 0 Å². The molecule has 0 aliphatic rings. The van der Waals surface area contributed by atoms with E-state index in [1.54, 1.807) is 0 Å². The normalized spacial score (nSPS) is 5.00. The van der Waals surface area contributed by atoms with Crippen LogP contribution in [0.2, 0.25) is 0 Å². The fourth-order valence-electron chi connectivity index (χ4n) is 0. The van der Waals surface area contributed by atoms with Crippen LogP contribution in [0, 0.1) is 0 Å². The van der Waals surface area contributed by atoms with E-state index in [1.165, 1.54) is 0 Å². The molecule has 0 fully saturated rings. The monoisotopic (exact) mass is 125 g/mol. The average molecular weight is 126 g/mol. The van der Waals surface area contributed by atoms with E-state index in [2.05, 4.69) is 0 Å². The molecule has 0 aliphatic heterocycles. The molecule has 2 nitrogen and oxygen atoms in total. The third-order valence-electron chi connectivity index (χ3n) is 0. The molecule has 0 heterocycles. The summed E-state index contributed by atoms with van der Waals surface area (Å²) in [7, 11) is 0. The zero-order valence-electron chi connectivity index (χ0n) is 3.67. The standard InChI is InChI=1S/C2H4O2.Cu.2H/c1-2(3)4;;;/h1H3,(H,3,4);;;/q;+1;;-1. The van der Waals surface area contributed by atoms with Gasteiger partial charge in [0.1, 0.15) is 0 Å². The topological polar surface area (TPSA) is 37.3 Å². The molecule has 0 aromatic rings. The van der Waals surface area contributed by atoms with Crippen LogP contribution in [0.25, 0.3) is 0 Å². The van der Waals surface area contributed by atoms with Gasteiger partial charge >= 0.3 is 17.1 Å². The van der Waals surface area contributed by atoms with Gasteiger partial charge < -0.3 is 6.53 Å². The third kappa shape index (κ3) is 143000. The van der Waals surface area contributed by atoms with Gasteiger partial charge in [-0.3, -0.25) is 4.79 Å². The Morgan fingerprint density at radius 1 is 2.00 bits per heavy atom. The van der Waals surface area contributed by atoms with Gasteiger partial charge in [-0.25, -0.2) is 0 Å². The van der Waals surface area contributed by atoms with Crippen LogP contribution in [0.3, 0.4) is 0 Å². The van der Waals surface area contributed by atoms with Crippen molar-refractivity contribution < 1.29 is 28.4 Å². The maximum Gasteiger partial charge on any atom is -1.00 e. The largest absolute Gasteiger partial charge is 1.00 e. The summed E-state index contributed by atoms with van der Waals surface area (Å²) in [6, 6.07) is 0. The molecule has 0 aromatic carbocycles. The first-order valence-electron chi connectivity index (χ1n) is 0.928. The Hall–Kier alpha value is -0.0105. The first kappa shape index (κ1) is 8.89. The summed E-state index contributed by atoms with van der Waals surface area (Å²) >= 11 is 0. The molecule has 0 atom stereocenters. The molecule has 0 rings (SSSR count). The van der Waals surface area contributed by atoms with Crippen LogP contribution in [0.15, 0.2) is 0 Å². The average Bonchev–Trinajstić information content (AvgIpc) is 0.811. The minimum Gasteiger partial charge on any atom is -1.00 e. The molecule has 0 spiro atoms. The van der Waals surface area contributed by atoms with E-state index in [4.69, 9.17) is 9.90 Å². The van der Waals surface area contributed by atoms with Gasteiger partial charge in [-0.15, -0.1) is 0 Å². The Balaban J connectivity index is -0.0000000450. The summed E-state index contributed by atoms with van der Waals surface area (Å²) in [5.41, 5.74) is 0. The summed E-state index contributed by atoms with van der Waals surface area (Å²) < 4.78 is 0. The molecule has 0 bridgehead atoms. The molecule has 0 radical (unpaired) electrons. The molecule has 0 unspecified atom stereocenters. The van der Waals surface area contributed by atoms with Gasteiger partial charge in [-0.2, -0.15) is 0 Å². The molecule has 0 saturated carbocycles. The van der Waals surface area contributed by atoms with Crippen LogP contribution in [-0.4, -0.2) is 11.1 Å². The molecule has 3 heteroatoms. The predicted molar refractivity (Wildman–Crippen MR) is 15.8 cm³/mol. The van der Waals surface area contributed by atoms with E-state index < -0.39 is 5.97 Å². The van der Waals surface area contributed by atoms with E-state index >= 15 is 0 Å². The van der Waals surface area contributed by atoms with Gasteiger partial charge in [0.15, 0.2) is 0 Å². The summed E-state index contributed by atoms with van der Waals surface area (Å²) in [4.78, 5) is 9.00. The summed E-state index contributed by atoms with van der Waals surface area (Å²) in [5.74, 6) is -0.833. The van der Waals surface area contributed by atoms with Crippen LogP contribution in [-0.2, 0) is 21.9 Å². The van der Waals surface area contributed by atoms with Crippen LogP contribution in [0.4, 0.5) is 0 Å². The Labute approximate surface area is 42.1 Å². The first-order valence-corrected chi connectivity index (χ1v) is 0.928. The Morgan fingerprint density at radius 2 is 2.00 bits per heavy atom. The summed E-state index contributed by atoms with van der Waals surface area (Å²) in [6.07, 6.45) is 0. The fourth-order valence-corrected chi connectivity index (χ4v) is 0. The van der Waals surface area contributed by atoms with Crippen molar-refractivity contribution >= 4 is 5.97 Å². The summed E-state index contributed by atoms with van der Waals surface area (Å²) in [5, 5.41) is 7.42. The van der Waals surface area contributed by atoms with Crippen molar-refractivity contribution in [3.8, 4) is 0 Å². The molecule has 37 valence electrons. The van der Waals surface area contributed by atoms with Gasteiger partial charge in [-0.05, 0) is 0 Å². The van der Waals surface area contributed by atoms with E-state index in [1.807, 2.05) is 0 Å². The molecule has 0 amide bonds. The van der Waals surface area contributed by atoms with Crippen molar-refractivity contribution in [3.63, 3.8) is 0 Å². The Morgan fingerprint density at radius 3 is 2.00 bits per heavy atom. The molecule has 0 aliphatic carbocycles. The van der Waals surface area contributed by atoms with E-state index in [-0.39, 0.29) is 18.5 Å². The Kier molecular flexibility index (Phi) is 7.09. The van der Waals surface area contributed by atoms with E-state index in [9.17, 15) is 0 Å². The molecule has 0 aromatic heterocycles. The number of carboxylic acids is 1. The summed E-state index contributed by atoms with van der Waals surface area (Å²) in [6.45, 7) is 1.08. The number of hydrogen-bond acceptors (Lipinski definition) is 1. The molecular formula is C2H6CuO2. The SMILES string of the molecule is CC(=O)O.[CuH+].[H-]. The smallest absolute Gasteiger partial charge is 1.00 e. The number of carboxylic acid groups (broad SMARTS) is 1. The van der Waals surface area contributed by atoms with Crippen molar-refractivity contribution in [1.82, 2.24) is 0 Å². The van der Waals surface area contributed by atoms with E-state index in [0.717, 1.165) is 6.92 Å². The first-order chi connectivity index (χ1) is 1.73.